The molecule has 21 heavy (non-hydrogen) atoms. The number of carbonyl (C=O) groups is 1. The summed E-state index contributed by atoms with van der Waals surface area (Å²) in [5, 5.41) is 10.6. The molecule has 0 saturated heterocycles. The third kappa shape index (κ3) is 2.64. The molecule has 0 atom stereocenters. The zero-order chi connectivity index (χ0) is 15.8. The van der Waals surface area contributed by atoms with Gasteiger partial charge in [0, 0.05) is 12.1 Å². The number of fused-ring (bicyclic) bond motifs is 1. The summed E-state index contributed by atoms with van der Waals surface area (Å²) in [5.41, 5.74) is -0.958. The van der Waals surface area contributed by atoms with Crippen LogP contribution in [-0.4, -0.2) is 27.2 Å². The number of alkyl halides is 3. The van der Waals surface area contributed by atoms with Crippen LogP contribution in [-0.2, 0) is 10.9 Å². The third-order valence-corrected chi connectivity index (χ3v) is 2.55. The lowest BCUT2D eigenvalue weighted by atomic mass is 10.3. The Hall–Kier alpha value is -2.65. The fraction of sp³-hybridized carbons (Fsp3) is 0.273. The Morgan fingerprint density at radius 1 is 1.48 bits per heavy atom. The van der Waals surface area contributed by atoms with Crippen LogP contribution in [0.3, 0.4) is 0 Å². The molecule has 2 aromatic rings. The van der Waals surface area contributed by atoms with Crippen molar-refractivity contribution in [2.24, 2.45) is 0 Å². The van der Waals surface area contributed by atoms with Gasteiger partial charge in [0.2, 0.25) is 5.82 Å². The van der Waals surface area contributed by atoms with Crippen molar-refractivity contribution in [1.82, 2.24) is 9.55 Å². The molecule has 0 fully saturated rings. The van der Waals surface area contributed by atoms with Gasteiger partial charge in [-0.05, 0) is 13.0 Å². The molecule has 112 valence electrons. The van der Waals surface area contributed by atoms with Gasteiger partial charge in [-0.15, -0.1) is 0 Å². The van der Waals surface area contributed by atoms with Crippen LogP contribution >= 0.6 is 0 Å². The molecule has 0 saturated carbocycles. The maximum atomic E-state index is 12.9. The highest BCUT2D eigenvalue weighted by atomic mass is 19.4. The zero-order valence-corrected chi connectivity index (χ0v) is 10.5. The highest BCUT2D eigenvalue weighted by Gasteiger charge is 2.40. The van der Waals surface area contributed by atoms with Crippen LogP contribution in [0.15, 0.2) is 18.2 Å². The summed E-state index contributed by atoms with van der Waals surface area (Å²) in [4.78, 5) is 24.8. The predicted octanol–water partition coefficient (Wildman–Crippen LogP) is 2.97. The standard InChI is InChI=1S/C11H8F3N3O4/c1-2-21-10(18)16-8-4-3-6(17(19)20)5-7(8)15-9(16)11(12,13)14/h3-5H,2H2,1H3. The third-order valence-electron chi connectivity index (χ3n) is 2.55. The molecule has 0 bridgehead atoms. The van der Waals surface area contributed by atoms with E-state index in [-0.39, 0.29) is 22.2 Å². The van der Waals surface area contributed by atoms with E-state index in [0.29, 0.717) is 0 Å². The first-order valence-electron chi connectivity index (χ1n) is 5.67. The van der Waals surface area contributed by atoms with Crippen molar-refractivity contribution in [2.45, 2.75) is 13.1 Å². The number of imidazole rings is 1. The highest BCUT2D eigenvalue weighted by molar-refractivity contribution is 5.88. The maximum absolute atomic E-state index is 12.9. The molecule has 1 heterocycles. The van der Waals surface area contributed by atoms with Gasteiger partial charge in [0.05, 0.1) is 22.6 Å². The monoisotopic (exact) mass is 303 g/mol. The Balaban J connectivity index is 2.73. The summed E-state index contributed by atoms with van der Waals surface area (Å²) >= 11 is 0. The van der Waals surface area contributed by atoms with E-state index in [0.717, 1.165) is 18.2 Å². The first-order valence-corrected chi connectivity index (χ1v) is 5.67. The summed E-state index contributed by atoms with van der Waals surface area (Å²) in [5.74, 6) is -1.49. The quantitative estimate of drug-likeness (QED) is 0.628. The number of ether oxygens (including phenoxy) is 1. The van der Waals surface area contributed by atoms with Crippen molar-refractivity contribution in [1.29, 1.82) is 0 Å². The van der Waals surface area contributed by atoms with Gasteiger partial charge >= 0.3 is 12.3 Å². The second-order valence-electron chi connectivity index (χ2n) is 3.90. The Morgan fingerprint density at radius 3 is 2.67 bits per heavy atom. The van der Waals surface area contributed by atoms with Gasteiger partial charge in [-0.25, -0.2) is 14.3 Å². The molecule has 0 radical (unpaired) electrons. The van der Waals surface area contributed by atoms with Crippen LogP contribution in [0.4, 0.5) is 23.7 Å². The molecule has 1 aromatic heterocycles. The molecule has 0 aliphatic heterocycles. The number of nitro groups is 1. The van der Waals surface area contributed by atoms with Crippen LogP contribution in [0.2, 0.25) is 0 Å². The lowest BCUT2D eigenvalue weighted by Gasteiger charge is -2.09. The summed E-state index contributed by atoms with van der Waals surface area (Å²) in [6.07, 6.45) is -6.15. The topological polar surface area (TPSA) is 87.3 Å². The first kappa shape index (κ1) is 14.8. The fourth-order valence-electron chi connectivity index (χ4n) is 1.75. The maximum Gasteiger partial charge on any atom is 0.450 e. The number of carbonyl (C=O) groups excluding carboxylic acids is 1. The van der Waals surface area contributed by atoms with E-state index in [1.165, 1.54) is 6.92 Å². The van der Waals surface area contributed by atoms with E-state index in [1.54, 1.807) is 0 Å². The van der Waals surface area contributed by atoms with Crippen LogP contribution in [0.25, 0.3) is 11.0 Å². The van der Waals surface area contributed by atoms with Crippen LogP contribution in [0.1, 0.15) is 12.7 Å². The minimum Gasteiger partial charge on any atom is -0.449 e. The van der Waals surface area contributed by atoms with Crippen LogP contribution in [0.5, 0.6) is 0 Å². The number of benzene rings is 1. The predicted molar refractivity (Wildman–Crippen MR) is 63.8 cm³/mol. The number of halogens is 3. The second-order valence-corrected chi connectivity index (χ2v) is 3.90. The average molecular weight is 303 g/mol. The number of nitro benzene ring substituents is 1. The van der Waals surface area contributed by atoms with Crippen molar-refractivity contribution < 1.29 is 27.6 Å². The average Bonchev–Trinajstić information content (AvgIpc) is 2.77. The van der Waals surface area contributed by atoms with Crippen molar-refractivity contribution in [3.05, 3.63) is 34.1 Å². The van der Waals surface area contributed by atoms with Gasteiger partial charge in [-0.1, -0.05) is 0 Å². The van der Waals surface area contributed by atoms with Gasteiger partial charge < -0.3 is 4.74 Å². The first-order chi connectivity index (χ1) is 9.75. The van der Waals surface area contributed by atoms with E-state index in [9.17, 15) is 28.1 Å². The van der Waals surface area contributed by atoms with E-state index in [1.807, 2.05) is 0 Å². The van der Waals surface area contributed by atoms with Gasteiger partial charge in [0.25, 0.3) is 5.69 Å². The SMILES string of the molecule is CCOC(=O)n1c(C(F)(F)F)nc2cc([N+](=O)[O-])ccc21. The smallest absolute Gasteiger partial charge is 0.449 e. The normalized spacial score (nSPS) is 11.6. The van der Waals surface area contributed by atoms with E-state index in [4.69, 9.17) is 0 Å². The Kier molecular flexibility index (Phi) is 3.54. The number of hydrogen-bond acceptors (Lipinski definition) is 5. The molecule has 0 N–H and O–H groups in total. The second kappa shape index (κ2) is 5.04. The molecule has 0 amide bonds. The van der Waals surface area contributed by atoms with E-state index in [2.05, 4.69) is 9.72 Å². The fourth-order valence-corrected chi connectivity index (χ4v) is 1.75. The van der Waals surface area contributed by atoms with Gasteiger partial charge in [0.15, 0.2) is 0 Å². The number of nitrogens with zero attached hydrogens (tertiary/aromatic N) is 3. The number of hydrogen-bond donors (Lipinski definition) is 0. The molecular weight excluding hydrogens is 295 g/mol. The summed E-state index contributed by atoms with van der Waals surface area (Å²) in [6, 6.07) is 2.87. The molecule has 0 spiro atoms. The Morgan fingerprint density at radius 2 is 2.14 bits per heavy atom. The van der Waals surface area contributed by atoms with Crippen molar-refractivity contribution >= 4 is 22.8 Å². The van der Waals surface area contributed by atoms with Crippen molar-refractivity contribution in [2.75, 3.05) is 6.61 Å². The van der Waals surface area contributed by atoms with E-state index < -0.39 is 28.7 Å². The Labute approximate surface area is 115 Å². The molecule has 0 unspecified atom stereocenters. The summed E-state index contributed by atoms with van der Waals surface area (Å²) in [7, 11) is 0. The van der Waals surface area contributed by atoms with Crippen molar-refractivity contribution in [3.63, 3.8) is 0 Å². The van der Waals surface area contributed by atoms with E-state index >= 15 is 0 Å². The summed E-state index contributed by atoms with van der Waals surface area (Å²) in [6.45, 7) is 1.32. The van der Waals surface area contributed by atoms with Gasteiger partial charge in [-0.2, -0.15) is 13.2 Å². The van der Waals surface area contributed by atoms with Crippen molar-refractivity contribution in [3.8, 4) is 0 Å². The molecule has 1 aromatic carbocycles. The van der Waals surface area contributed by atoms with Gasteiger partial charge in [0.1, 0.15) is 0 Å². The lowest BCUT2D eigenvalue weighted by molar-refractivity contribution is -0.384. The molecule has 0 aliphatic carbocycles. The highest BCUT2D eigenvalue weighted by Crippen LogP contribution is 2.32. The minimum atomic E-state index is -4.90. The molecule has 7 nitrogen and oxygen atoms in total. The van der Waals surface area contributed by atoms with Crippen LogP contribution in [0, 0.1) is 10.1 Å². The molecule has 10 heteroatoms. The lowest BCUT2D eigenvalue weighted by Crippen LogP contribution is -2.22. The van der Waals surface area contributed by atoms with Gasteiger partial charge in [-0.3, -0.25) is 10.1 Å². The summed E-state index contributed by atoms with van der Waals surface area (Å²) < 4.78 is 43.6. The largest absolute Gasteiger partial charge is 0.450 e. The number of aromatic nitrogens is 2. The molecular formula is C11H8F3N3O4. The minimum absolute atomic E-state index is 0.122. The Bertz CT molecular complexity index is 723. The molecule has 0 aliphatic rings. The van der Waals surface area contributed by atoms with Crippen LogP contribution < -0.4 is 0 Å². The number of rotatable bonds is 2. The molecule has 2 rings (SSSR count). The zero-order valence-electron chi connectivity index (χ0n) is 10.5. The number of non-ortho nitro benzene ring substituents is 1.